The molecule has 4 unspecified atom stereocenters. The maximum Gasteiger partial charge on any atom is 0.143 e. The van der Waals surface area contributed by atoms with Gasteiger partial charge < -0.3 is 10.9 Å². The predicted molar refractivity (Wildman–Crippen MR) is 75.8 cm³/mol. The Balaban J connectivity index is 2.56. The Morgan fingerprint density at radius 1 is 1.39 bits per heavy atom. The van der Waals surface area contributed by atoms with Crippen molar-refractivity contribution in [3.8, 4) is 0 Å². The van der Waals surface area contributed by atoms with Crippen LogP contribution in [0.15, 0.2) is 5.16 Å². The van der Waals surface area contributed by atoms with Crippen LogP contribution in [0.3, 0.4) is 0 Å². The van der Waals surface area contributed by atoms with Crippen molar-refractivity contribution in [1.29, 1.82) is 0 Å². The molecule has 0 amide bonds. The quantitative estimate of drug-likeness (QED) is 0.343. The highest BCUT2D eigenvalue weighted by molar-refractivity contribution is 5.82. The van der Waals surface area contributed by atoms with E-state index in [1.165, 1.54) is 19.3 Å². The Bertz CT molecular complexity index is 280. The third-order valence-electron chi connectivity index (χ3n) is 4.62. The molecule has 0 heterocycles. The lowest BCUT2D eigenvalue weighted by molar-refractivity contribution is 0.107. The number of hydrogen-bond donors (Lipinski definition) is 2. The second kappa shape index (κ2) is 6.98. The van der Waals surface area contributed by atoms with E-state index in [0.717, 1.165) is 24.9 Å². The normalized spacial score (nSPS) is 31.6. The van der Waals surface area contributed by atoms with Crippen molar-refractivity contribution in [2.24, 2.45) is 28.6 Å². The fourth-order valence-electron chi connectivity index (χ4n) is 2.93. The van der Waals surface area contributed by atoms with Gasteiger partial charge in [-0.1, -0.05) is 32.9 Å². The monoisotopic (exact) mass is 255 g/mol. The van der Waals surface area contributed by atoms with Crippen LogP contribution in [0.4, 0.5) is 0 Å². The Labute approximate surface area is 111 Å². The number of oxime groups is 1. The summed E-state index contributed by atoms with van der Waals surface area (Å²) in [5.41, 5.74) is 5.67. The summed E-state index contributed by atoms with van der Waals surface area (Å²) in [6, 6.07) is 0.662. The topological polar surface area (TPSA) is 61.8 Å². The lowest BCUT2D eigenvalue weighted by Gasteiger charge is -2.39. The van der Waals surface area contributed by atoms with Gasteiger partial charge in [0, 0.05) is 18.5 Å². The molecule has 0 aromatic heterocycles. The number of nitrogens with two attached hydrogens (primary N) is 1. The van der Waals surface area contributed by atoms with E-state index >= 15 is 0 Å². The van der Waals surface area contributed by atoms with Gasteiger partial charge in [0.15, 0.2) is 0 Å². The molecule has 18 heavy (non-hydrogen) atoms. The van der Waals surface area contributed by atoms with E-state index in [-0.39, 0.29) is 5.92 Å². The molecule has 4 nitrogen and oxygen atoms in total. The van der Waals surface area contributed by atoms with Crippen molar-refractivity contribution >= 4 is 5.84 Å². The first kappa shape index (κ1) is 15.3. The zero-order chi connectivity index (χ0) is 13.7. The Morgan fingerprint density at radius 3 is 2.56 bits per heavy atom. The highest BCUT2D eigenvalue weighted by atomic mass is 16.4. The summed E-state index contributed by atoms with van der Waals surface area (Å²) >= 11 is 0. The summed E-state index contributed by atoms with van der Waals surface area (Å²) in [6.45, 7) is 10.9. The summed E-state index contributed by atoms with van der Waals surface area (Å²) in [5, 5.41) is 11.8. The zero-order valence-electron chi connectivity index (χ0n) is 12.3. The van der Waals surface area contributed by atoms with Crippen LogP contribution in [0.2, 0.25) is 0 Å². The van der Waals surface area contributed by atoms with Gasteiger partial charge in [0.05, 0.1) is 0 Å². The van der Waals surface area contributed by atoms with Gasteiger partial charge in [0.1, 0.15) is 5.84 Å². The van der Waals surface area contributed by atoms with E-state index in [9.17, 15) is 0 Å². The largest absolute Gasteiger partial charge is 0.409 e. The Morgan fingerprint density at radius 2 is 2.06 bits per heavy atom. The predicted octanol–water partition coefficient (Wildman–Crippen LogP) is 2.52. The minimum atomic E-state index is 0.115. The van der Waals surface area contributed by atoms with Crippen LogP contribution < -0.4 is 5.73 Å². The van der Waals surface area contributed by atoms with Crippen molar-refractivity contribution < 1.29 is 5.21 Å². The van der Waals surface area contributed by atoms with Crippen molar-refractivity contribution in [3.63, 3.8) is 0 Å². The molecule has 0 aromatic rings. The van der Waals surface area contributed by atoms with E-state index in [0.29, 0.717) is 11.9 Å². The molecule has 0 spiro atoms. The van der Waals surface area contributed by atoms with E-state index < -0.39 is 0 Å². The number of rotatable bonds is 5. The molecule has 3 N–H and O–H groups in total. The molecule has 1 rings (SSSR count). The summed E-state index contributed by atoms with van der Waals surface area (Å²) in [4.78, 5) is 2.49. The number of hydrogen-bond acceptors (Lipinski definition) is 3. The van der Waals surface area contributed by atoms with Crippen LogP contribution in [0.1, 0.15) is 47.0 Å². The maximum atomic E-state index is 8.72. The first-order valence-electron chi connectivity index (χ1n) is 7.21. The third kappa shape index (κ3) is 3.87. The maximum absolute atomic E-state index is 8.72. The van der Waals surface area contributed by atoms with Gasteiger partial charge >= 0.3 is 0 Å². The minimum absolute atomic E-state index is 0.115. The van der Waals surface area contributed by atoms with Gasteiger partial charge in [-0.15, -0.1) is 0 Å². The fourth-order valence-corrected chi connectivity index (χ4v) is 2.93. The van der Waals surface area contributed by atoms with Crippen LogP contribution in [0.25, 0.3) is 0 Å². The first-order valence-corrected chi connectivity index (χ1v) is 7.21. The summed E-state index contributed by atoms with van der Waals surface area (Å²) in [6.07, 6.45) is 3.88. The van der Waals surface area contributed by atoms with Crippen molar-refractivity contribution in [2.45, 2.75) is 53.0 Å². The Hall–Kier alpha value is -0.770. The summed E-state index contributed by atoms with van der Waals surface area (Å²) in [5.74, 6) is 2.11. The van der Waals surface area contributed by atoms with Gasteiger partial charge in [0.2, 0.25) is 0 Å². The lowest BCUT2D eigenvalue weighted by atomic mass is 9.78. The average Bonchev–Trinajstić information content (AvgIpc) is 2.38. The highest BCUT2D eigenvalue weighted by Crippen LogP contribution is 2.32. The Kier molecular flexibility index (Phi) is 5.93. The highest BCUT2D eigenvalue weighted by Gasteiger charge is 2.28. The first-order chi connectivity index (χ1) is 8.49. The van der Waals surface area contributed by atoms with Crippen molar-refractivity contribution in [1.82, 2.24) is 4.90 Å². The van der Waals surface area contributed by atoms with Gasteiger partial charge in [-0.3, -0.25) is 4.90 Å². The molecule has 1 aliphatic rings. The van der Waals surface area contributed by atoms with Crippen molar-refractivity contribution in [3.05, 3.63) is 0 Å². The zero-order valence-corrected chi connectivity index (χ0v) is 12.3. The second-order valence-electron chi connectivity index (χ2n) is 5.93. The second-order valence-corrected chi connectivity index (χ2v) is 5.93. The molecule has 0 radical (unpaired) electrons. The van der Waals surface area contributed by atoms with Gasteiger partial charge in [-0.25, -0.2) is 0 Å². The van der Waals surface area contributed by atoms with Crippen molar-refractivity contribution in [2.75, 3.05) is 13.1 Å². The third-order valence-corrected chi connectivity index (χ3v) is 4.62. The van der Waals surface area contributed by atoms with Crippen LogP contribution >= 0.6 is 0 Å². The molecular formula is C14H29N3O. The molecule has 1 saturated carbocycles. The van der Waals surface area contributed by atoms with Gasteiger partial charge in [0.25, 0.3) is 0 Å². The lowest BCUT2D eigenvalue weighted by Crippen LogP contribution is -2.44. The number of nitrogens with zero attached hydrogens (tertiary/aromatic N) is 2. The standard InChI is InChI=1S/C14H29N3O/c1-5-17(9-12(4)14(15)16-18)13-7-6-10(2)11(3)8-13/h10-13,18H,5-9H2,1-4H3,(H2,15,16). The SMILES string of the molecule is CCN(CC(C)C(N)=NO)C1CCC(C)C(C)C1. The molecule has 1 fully saturated rings. The molecule has 4 heteroatoms. The van der Waals surface area contributed by atoms with Crippen LogP contribution in [0, 0.1) is 17.8 Å². The van der Waals surface area contributed by atoms with Gasteiger partial charge in [-0.05, 0) is 37.6 Å². The van der Waals surface area contributed by atoms with E-state index in [4.69, 9.17) is 10.9 Å². The fraction of sp³-hybridized carbons (Fsp3) is 0.929. The number of amidine groups is 1. The molecular weight excluding hydrogens is 226 g/mol. The molecule has 1 aliphatic carbocycles. The van der Waals surface area contributed by atoms with E-state index in [1.54, 1.807) is 0 Å². The van der Waals surface area contributed by atoms with Crippen LogP contribution in [0.5, 0.6) is 0 Å². The summed E-state index contributed by atoms with van der Waals surface area (Å²) < 4.78 is 0. The van der Waals surface area contributed by atoms with Crippen LogP contribution in [-0.2, 0) is 0 Å². The molecule has 0 bridgehead atoms. The van der Waals surface area contributed by atoms with Gasteiger partial charge in [-0.2, -0.15) is 0 Å². The molecule has 0 aromatic carbocycles. The molecule has 0 aliphatic heterocycles. The smallest absolute Gasteiger partial charge is 0.143 e. The minimum Gasteiger partial charge on any atom is -0.409 e. The van der Waals surface area contributed by atoms with Crippen LogP contribution in [-0.4, -0.2) is 35.1 Å². The molecule has 4 atom stereocenters. The van der Waals surface area contributed by atoms with E-state index in [1.807, 2.05) is 6.92 Å². The molecule has 106 valence electrons. The average molecular weight is 255 g/mol. The van der Waals surface area contributed by atoms with E-state index in [2.05, 4.69) is 30.8 Å². The molecule has 0 saturated heterocycles. The summed E-state index contributed by atoms with van der Waals surface area (Å²) in [7, 11) is 0.